The van der Waals surface area contributed by atoms with Crippen molar-refractivity contribution in [2.45, 2.75) is 31.6 Å². The Morgan fingerprint density at radius 1 is 1.29 bits per heavy atom. The Labute approximate surface area is 151 Å². The number of aliphatic hydroxyl groups excluding tert-OH is 1. The maximum atomic E-state index is 10.5. The summed E-state index contributed by atoms with van der Waals surface area (Å²) in [6.07, 6.45) is 3.01. The van der Waals surface area contributed by atoms with Gasteiger partial charge in [-0.05, 0) is 42.9 Å². The predicted octanol–water partition coefficient (Wildman–Crippen LogP) is 3.45. The minimum absolute atomic E-state index is 0.149. The van der Waals surface area contributed by atoms with Crippen LogP contribution in [0.1, 0.15) is 17.8 Å². The van der Waals surface area contributed by atoms with Gasteiger partial charge in [-0.3, -0.25) is 4.90 Å². The summed E-state index contributed by atoms with van der Waals surface area (Å²) >= 11 is 7.73. The summed E-state index contributed by atoms with van der Waals surface area (Å²) in [6, 6.07) is 7.41. The second-order valence-electron chi connectivity index (χ2n) is 6.79. The van der Waals surface area contributed by atoms with Gasteiger partial charge < -0.3 is 9.84 Å². The first-order valence-corrected chi connectivity index (χ1v) is 9.64. The van der Waals surface area contributed by atoms with Crippen LogP contribution in [0, 0.1) is 11.8 Å². The molecule has 0 radical (unpaired) electrons. The number of hydrogen-bond donors (Lipinski definition) is 1. The molecule has 128 valence electrons. The van der Waals surface area contributed by atoms with Crippen LogP contribution in [-0.4, -0.2) is 40.3 Å². The number of hydrogen-bond acceptors (Lipinski definition) is 5. The highest BCUT2D eigenvalue weighted by Crippen LogP contribution is 2.38. The Morgan fingerprint density at radius 3 is 2.88 bits per heavy atom. The van der Waals surface area contributed by atoms with Crippen molar-refractivity contribution in [2.75, 3.05) is 13.1 Å². The first-order valence-electron chi connectivity index (χ1n) is 8.38. The monoisotopic (exact) mass is 364 g/mol. The smallest absolute Gasteiger partial charge is 0.125 e. The molecule has 4 atom stereocenters. The van der Waals surface area contributed by atoms with E-state index in [9.17, 15) is 5.11 Å². The van der Waals surface area contributed by atoms with E-state index in [0.717, 1.165) is 38.2 Å². The topological polar surface area (TPSA) is 45.6 Å². The molecule has 24 heavy (non-hydrogen) atoms. The molecule has 1 aliphatic carbocycles. The quantitative estimate of drug-likeness (QED) is 0.902. The number of aliphatic hydroxyl groups is 1. The molecule has 0 spiro atoms. The summed E-state index contributed by atoms with van der Waals surface area (Å²) in [4.78, 5) is 6.84. The number of aromatic nitrogens is 1. The molecular weight excluding hydrogens is 344 g/mol. The number of benzene rings is 1. The van der Waals surface area contributed by atoms with Gasteiger partial charge in [0.05, 0.1) is 12.6 Å². The number of thiazole rings is 1. The fraction of sp³-hybridized carbons (Fsp3) is 0.500. The molecule has 1 aliphatic heterocycles. The van der Waals surface area contributed by atoms with Crippen molar-refractivity contribution in [3.63, 3.8) is 0 Å². The average molecular weight is 365 g/mol. The molecule has 2 fully saturated rings. The van der Waals surface area contributed by atoms with Gasteiger partial charge in [-0.25, -0.2) is 4.98 Å². The molecule has 4 rings (SSSR count). The minimum Gasteiger partial charge on any atom is -0.488 e. The van der Waals surface area contributed by atoms with Gasteiger partial charge in [0, 0.05) is 29.7 Å². The Bertz CT molecular complexity index is 681. The second-order valence-corrected chi connectivity index (χ2v) is 8.21. The van der Waals surface area contributed by atoms with E-state index < -0.39 is 6.10 Å². The molecule has 6 heteroatoms. The number of fused-ring (bicyclic) bond motifs is 1. The number of rotatable bonds is 4. The summed E-state index contributed by atoms with van der Waals surface area (Å²) in [6.45, 7) is 3.03. The van der Waals surface area contributed by atoms with Gasteiger partial charge in [-0.1, -0.05) is 17.7 Å². The van der Waals surface area contributed by atoms with Crippen LogP contribution in [0.25, 0.3) is 0 Å². The van der Waals surface area contributed by atoms with E-state index in [-0.39, 0.29) is 6.10 Å². The number of halogens is 1. The van der Waals surface area contributed by atoms with Crippen LogP contribution in [0.5, 0.6) is 5.75 Å². The Morgan fingerprint density at radius 2 is 2.12 bits per heavy atom. The predicted molar refractivity (Wildman–Crippen MR) is 95.5 cm³/mol. The summed E-state index contributed by atoms with van der Waals surface area (Å²) in [5.74, 6) is 1.87. The van der Waals surface area contributed by atoms with Crippen molar-refractivity contribution in [1.29, 1.82) is 0 Å². The molecular formula is C18H21ClN2O2S. The molecule has 0 amide bonds. The van der Waals surface area contributed by atoms with E-state index in [0.29, 0.717) is 16.9 Å². The lowest BCUT2D eigenvalue weighted by Gasteiger charge is -2.35. The SMILES string of the molecule is O[C@@H]1C[C@H]2CN(Cc3nccs3)C[C@H]2C[C@H]1Oc1cccc(Cl)c1. The van der Waals surface area contributed by atoms with Crippen molar-refractivity contribution in [3.05, 3.63) is 45.9 Å². The van der Waals surface area contributed by atoms with Gasteiger partial charge in [-0.15, -0.1) is 11.3 Å². The van der Waals surface area contributed by atoms with Crippen LogP contribution in [0.2, 0.25) is 5.02 Å². The number of nitrogens with zero attached hydrogens (tertiary/aromatic N) is 2. The third-order valence-corrected chi connectivity index (χ3v) is 6.09. The second kappa shape index (κ2) is 7.00. The lowest BCUT2D eigenvalue weighted by molar-refractivity contribution is -0.0231. The molecule has 0 bridgehead atoms. The lowest BCUT2D eigenvalue weighted by Crippen LogP contribution is -2.42. The summed E-state index contributed by atoms with van der Waals surface area (Å²) < 4.78 is 6.03. The fourth-order valence-corrected chi connectivity index (χ4v) is 4.82. The summed E-state index contributed by atoms with van der Waals surface area (Å²) in [5.41, 5.74) is 0. The number of ether oxygens (including phenoxy) is 1. The molecule has 1 aromatic heterocycles. The third-order valence-electron chi connectivity index (χ3n) is 5.09. The first kappa shape index (κ1) is 16.3. The van der Waals surface area contributed by atoms with Crippen LogP contribution in [0.15, 0.2) is 35.8 Å². The average Bonchev–Trinajstić information content (AvgIpc) is 3.17. The molecule has 1 N–H and O–H groups in total. The van der Waals surface area contributed by atoms with Crippen molar-refractivity contribution >= 4 is 22.9 Å². The summed E-state index contributed by atoms with van der Waals surface area (Å²) in [7, 11) is 0. The van der Waals surface area contributed by atoms with Gasteiger partial charge in [0.25, 0.3) is 0 Å². The van der Waals surface area contributed by atoms with Crippen molar-refractivity contribution in [3.8, 4) is 5.75 Å². The van der Waals surface area contributed by atoms with Crippen LogP contribution >= 0.6 is 22.9 Å². The van der Waals surface area contributed by atoms with Crippen molar-refractivity contribution in [1.82, 2.24) is 9.88 Å². The highest BCUT2D eigenvalue weighted by atomic mass is 35.5. The van der Waals surface area contributed by atoms with Gasteiger partial charge >= 0.3 is 0 Å². The van der Waals surface area contributed by atoms with Crippen LogP contribution in [-0.2, 0) is 6.54 Å². The molecule has 2 heterocycles. The highest BCUT2D eigenvalue weighted by molar-refractivity contribution is 7.09. The summed E-state index contributed by atoms with van der Waals surface area (Å²) in [5, 5.41) is 14.4. The normalized spacial score (nSPS) is 30.2. The molecule has 2 aliphatic rings. The molecule has 1 saturated carbocycles. The molecule has 0 unspecified atom stereocenters. The van der Waals surface area contributed by atoms with Crippen molar-refractivity contribution < 1.29 is 9.84 Å². The zero-order valence-corrected chi connectivity index (χ0v) is 14.9. The zero-order valence-electron chi connectivity index (χ0n) is 13.3. The van der Waals surface area contributed by atoms with Crippen LogP contribution < -0.4 is 4.74 Å². The lowest BCUT2D eigenvalue weighted by atomic mass is 9.78. The van der Waals surface area contributed by atoms with Gasteiger partial charge in [0.1, 0.15) is 16.9 Å². The Balaban J connectivity index is 1.38. The standard InChI is InChI=1S/C18H21ClN2O2S/c19-14-2-1-3-15(8-14)23-17-7-13-10-21(9-12(13)6-16(17)22)11-18-20-4-5-24-18/h1-5,8,12-13,16-17,22H,6-7,9-11H2/t12-,13+,16+,17+/m0/s1. The largest absolute Gasteiger partial charge is 0.488 e. The van der Waals surface area contributed by atoms with E-state index in [2.05, 4.69) is 9.88 Å². The molecule has 1 saturated heterocycles. The van der Waals surface area contributed by atoms with E-state index in [4.69, 9.17) is 16.3 Å². The molecule has 2 aromatic rings. The fourth-order valence-electron chi connectivity index (χ4n) is 3.98. The van der Waals surface area contributed by atoms with Gasteiger partial charge in [0.2, 0.25) is 0 Å². The van der Waals surface area contributed by atoms with E-state index >= 15 is 0 Å². The third kappa shape index (κ3) is 3.59. The van der Waals surface area contributed by atoms with Crippen molar-refractivity contribution in [2.24, 2.45) is 11.8 Å². The Kier molecular flexibility index (Phi) is 4.77. The Hall–Kier alpha value is -1.14. The van der Waals surface area contributed by atoms with E-state index in [1.165, 1.54) is 5.01 Å². The maximum Gasteiger partial charge on any atom is 0.125 e. The first-order chi connectivity index (χ1) is 11.7. The van der Waals surface area contributed by atoms with Gasteiger partial charge in [0.15, 0.2) is 0 Å². The minimum atomic E-state index is -0.412. The highest BCUT2D eigenvalue weighted by Gasteiger charge is 2.42. The van der Waals surface area contributed by atoms with Gasteiger partial charge in [-0.2, -0.15) is 0 Å². The van der Waals surface area contributed by atoms with Crippen LogP contribution in [0.4, 0.5) is 0 Å². The van der Waals surface area contributed by atoms with E-state index in [1.54, 1.807) is 11.3 Å². The van der Waals surface area contributed by atoms with Crippen LogP contribution in [0.3, 0.4) is 0 Å². The number of likely N-dealkylation sites (tertiary alicyclic amines) is 1. The zero-order chi connectivity index (χ0) is 16.5. The maximum absolute atomic E-state index is 10.5. The molecule has 4 nitrogen and oxygen atoms in total. The molecule has 1 aromatic carbocycles. The van der Waals surface area contributed by atoms with E-state index in [1.807, 2.05) is 35.8 Å².